The zero-order chi connectivity index (χ0) is 7.56. The van der Waals surface area contributed by atoms with Crippen LogP contribution in [0.3, 0.4) is 0 Å². The highest BCUT2D eigenvalue weighted by Crippen LogP contribution is 2.05. The summed E-state index contributed by atoms with van der Waals surface area (Å²) in [6, 6.07) is 0. The van der Waals surface area contributed by atoms with Gasteiger partial charge < -0.3 is 0 Å². The zero-order valence-electron chi connectivity index (χ0n) is 6.13. The Morgan fingerprint density at radius 3 is 2.80 bits per heavy atom. The van der Waals surface area contributed by atoms with Gasteiger partial charge in [0, 0.05) is 0 Å². The lowest BCUT2D eigenvalue weighted by Gasteiger charge is -2.13. The van der Waals surface area contributed by atoms with E-state index in [1.165, 1.54) is 0 Å². The summed E-state index contributed by atoms with van der Waals surface area (Å²) < 4.78 is 0. The fraction of sp³-hybridized carbons (Fsp3) is 0.571. The van der Waals surface area contributed by atoms with Gasteiger partial charge in [-0.1, -0.05) is 25.4 Å². The van der Waals surface area contributed by atoms with Crippen LogP contribution in [0.15, 0.2) is 17.3 Å². The molecule has 0 unspecified atom stereocenters. The minimum Gasteiger partial charge on any atom is -0.288 e. The fourth-order valence-electron chi connectivity index (χ4n) is 0.721. The minimum absolute atomic E-state index is 0.137. The zero-order valence-corrected chi connectivity index (χ0v) is 6.89. The third-order valence-corrected chi connectivity index (χ3v) is 1.59. The lowest BCUT2D eigenvalue weighted by Crippen LogP contribution is -2.23. The molecule has 0 aromatic rings. The molecule has 0 bridgehead atoms. The van der Waals surface area contributed by atoms with Crippen LogP contribution in [0, 0.1) is 5.92 Å². The van der Waals surface area contributed by atoms with Crippen LogP contribution >= 0.6 is 11.6 Å². The molecule has 1 rings (SSSR count). The van der Waals surface area contributed by atoms with Crippen molar-refractivity contribution < 1.29 is 0 Å². The molecule has 0 radical (unpaired) electrons. The van der Waals surface area contributed by atoms with Gasteiger partial charge in [0.25, 0.3) is 0 Å². The number of hydrazone groups is 1. The van der Waals surface area contributed by atoms with E-state index in [1.54, 1.807) is 0 Å². The molecule has 10 heavy (non-hydrogen) atoms. The Kier molecular flexibility index (Phi) is 2.33. The van der Waals surface area contributed by atoms with Gasteiger partial charge in [0.1, 0.15) is 5.50 Å². The van der Waals surface area contributed by atoms with E-state index in [4.69, 9.17) is 11.6 Å². The van der Waals surface area contributed by atoms with E-state index >= 15 is 0 Å². The standard InChI is InChI=1S/C7H11ClN2/c1-5(2)6-3-4-7(8)10-9-6/h3-5,7,10H,1-2H3/t7-/m0/s1. The average Bonchev–Trinajstić information content (AvgIpc) is 1.88. The van der Waals surface area contributed by atoms with Gasteiger partial charge in [0.05, 0.1) is 5.71 Å². The van der Waals surface area contributed by atoms with Gasteiger partial charge in [-0.25, -0.2) is 0 Å². The predicted molar refractivity (Wildman–Crippen MR) is 44.2 cm³/mol. The van der Waals surface area contributed by atoms with E-state index in [0.29, 0.717) is 5.92 Å². The Hall–Kier alpha value is -0.500. The van der Waals surface area contributed by atoms with Crippen molar-refractivity contribution in [1.29, 1.82) is 0 Å². The largest absolute Gasteiger partial charge is 0.288 e. The normalized spacial score (nSPS) is 24.4. The first-order valence-corrected chi connectivity index (χ1v) is 3.79. The summed E-state index contributed by atoms with van der Waals surface area (Å²) in [5.41, 5.74) is 3.70. The maximum Gasteiger partial charge on any atom is 0.136 e. The molecule has 0 saturated carbocycles. The second-order valence-electron chi connectivity index (χ2n) is 2.58. The average molecular weight is 159 g/mol. The number of nitrogens with one attached hydrogen (secondary N) is 1. The van der Waals surface area contributed by atoms with Crippen LogP contribution in [0.25, 0.3) is 0 Å². The number of hydrogen-bond acceptors (Lipinski definition) is 2. The number of hydrogen-bond donors (Lipinski definition) is 1. The number of rotatable bonds is 1. The monoisotopic (exact) mass is 158 g/mol. The lowest BCUT2D eigenvalue weighted by molar-refractivity contribution is 0.740. The highest BCUT2D eigenvalue weighted by molar-refractivity contribution is 6.22. The minimum atomic E-state index is -0.137. The van der Waals surface area contributed by atoms with Gasteiger partial charge in [0.15, 0.2) is 0 Å². The van der Waals surface area contributed by atoms with Crippen molar-refractivity contribution in [2.24, 2.45) is 11.0 Å². The van der Waals surface area contributed by atoms with Gasteiger partial charge in [-0.3, -0.25) is 5.43 Å². The molecule has 0 aromatic carbocycles. The number of alkyl halides is 1. The van der Waals surface area contributed by atoms with Crippen LogP contribution in [0.2, 0.25) is 0 Å². The Bertz CT molecular complexity index is 172. The molecule has 1 aliphatic heterocycles. The molecule has 1 heterocycles. The Morgan fingerprint density at radius 1 is 1.70 bits per heavy atom. The Morgan fingerprint density at radius 2 is 2.40 bits per heavy atom. The number of nitrogens with zero attached hydrogens (tertiary/aromatic N) is 1. The van der Waals surface area contributed by atoms with Crippen molar-refractivity contribution in [3.05, 3.63) is 12.2 Å². The highest BCUT2D eigenvalue weighted by atomic mass is 35.5. The summed E-state index contributed by atoms with van der Waals surface area (Å²) in [5, 5.41) is 4.06. The molecule has 3 heteroatoms. The first-order valence-electron chi connectivity index (χ1n) is 3.35. The SMILES string of the molecule is CC(C)C1=NN[C@H](Cl)C=C1. The van der Waals surface area contributed by atoms with Crippen molar-refractivity contribution in [2.75, 3.05) is 0 Å². The van der Waals surface area contributed by atoms with Crippen molar-refractivity contribution in [3.8, 4) is 0 Å². The van der Waals surface area contributed by atoms with E-state index in [-0.39, 0.29) is 5.50 Å². The quantitative estimate of drug-likeness (QED) is 0.456. The summed E-state index contributed by atoms with van der Waals surface area (Å²) in [6.45, 7) is 4.19. The molecular weight excluding hydrogens is 148 g/mol. The van der Waals surface area contributed by atoms with Crippen molar-refractivity contribution in [1.82, 2.24) is 5.43 Å². The van der Waals surface area contributed by atoms with E-state index in [0.717, 1.165) is 5.71 Å². The second kappa shape index (κ2) is 3.06. The molecule has 0 spiro atoms. The summed E-state index contributed by atoms with van der Waals surface area (Å²) in [5.74, 6) is 0.466. The molecule has 0 aromatic heterocycles. The Labute approximate surface area is 66.0 Å². The molecule has 0 fully saturated rings. The molecule has 1 aliphatic rings. The summed E-state index contributed by atoms with van der Waals surface area (Å²) in [4.78, 5) is 0. The smallest absolute Gasteiger partial charge is 0.136 e. The van der Waals surface area contributed by atoms with Gasteiger partial charge >= 0.3 is 0 Å². The summed E-state index contributed by atoms with van der Waals surface area (Å²) in [6.07, 6.45) is 3.85. The van der Waals surface area contributed by atoms with Crippen LogP contribution in [-0.4, -0.2) is 11.2 Å². The maximum atomic E-state index is 5.68. The summed E-state index contributed by atoms with van der Waals surface area (Å²) in [7, 11) is 0. The first-order chi connectivity index (χ1) is 4.70. The molecule has 0 amide bonds. The van der Waals surface area contributed by atoms with Crippen LogP contribution in [0.4, 0.5) is 0 Å². The van der Waals surface area contributed by atoms with Gasteiger partial charge in [-0.05, 0) is 18.1 Å². The first kappa shape index (κ1) is 7.61. The molecule has 2 nitrogen and oxygen atoms in total. The fourth-order valence-corrected chi connectivity index (χ4v) is 0.843. The highest BCUT2D eigenvalue weighted by Gasteiger charge is 2.07. The third kappa shape index (κ3) is 1.74. The van der Waals surface area contributed by atoms with Crippen molar-refractivity contribution >= 4 is 17.3 Å². The molecule has 56 valence electrons. The van der Waals surface area contributed by atoms with Gasteiger partial charge in [0.2, 0.25) is 0 Å². The molecule has 1 atom stereocenters. The molecular formula is C7H11ClN2. The topological polar surface area (TPSA) is 24.4 Å². The lowest BCUT2D eigenvalue weighted by atomic mass is 10.1. The third-order valence-electron chi connectivity index (χ3n) is 1.34. The van der Waals surface area contributed by atoms with E-state index in [2.05, 4.69) is 24.4 Å². The van der Waals surface area contributed by atoms with Gasteiger partial charge in [-0.2, -0.15) is 5.10 Å². The molecule has 1 N–H and O–H groups in total. The van der Waals surface area contributed by atoms with E-state index in [9.17, 15) is 0 Å². The molecule has 0 aliphatic carbocycles. The molecule has 0 saturated heterocycles. The Balaban J connectivity index is 2.59. The van der Waals surface area contributed by atoms with Crippen molar-refractivity contribution in [2.45, 2.75) is 19.3 Å². The van der Waals surface area contributed by atoms with E-state index < -0.39 is 0 Å². The van der Waals surface area contributed by atoms with Crippen LogP contribution in [0.5, 0.6) is 0 Å². The summed E-state index contributed by atoms with van der Waals surface area (Å²) >= 11 is 5.68. The van der Waals surface area contributed by atoms with Crippen LogP contribution < -0.4 is 5.43 Å². The second-order valence-corrected chi connectivity index (χ2v) is 3.05. The predicted octanol–water partition coefficient (Wildman–Crippen LogP) is 1.72. The number of allylic oxidation sites excluding steroid dienone is 1. The van der Waals surface area contributed by atoms with Gasteiger partial charge in [-0.15, -0.1) is 0 Å². The number of halogens is 1. The van der Waals surface area contributed by atoms with Crippen LogP contribution in [0.1, 0.15) is 13.8 Å². The van der Waals surface area contributed by atoms with Crippen molar-refractivity contribution in [3.63, 3.8) is 0 Å². The van der Waals surface area contributed by atoms with E-state index in [1.807, 2.05) is 12.2 Å². The van der Waals surface area contributed by atoms with Crippen LogP contribution in [-0.2, 0) is 0 Å². The maximum absolute atomic E-state index is 5.68.